The van der Waals surface area contributed by atoms with Gasteiger partial charge in [0.1, 0.15) is 11.6 Å². The zero-order valence-electron chi connectivity index (χ0n) is 13.9. The summed E-state index contributed by atoms with van der Waals surface area (Å²) in [6, 6.07) is 5.01. The van der Waals surface area contributed by atoms with Gasteiger partial charge in [-0.05, 0) is 31.9 Å². The van der Waals surface area contributed by atoms with Crippen molar-refractivity contribution in [2.45, 2.75) is 59.4 Å². The summed E-state index contributed by atoms with van der Waals surface area (Å²) in [5.74, 6) is 0.993. The van der Waals surface area contributed by atoms with E-state index in [4.69, 9.17) is 4.74 Å². The van der Waals surface area contributed by atoms with Crippen molar-refractivity contribution in [3.05, 3.63) is 29.6 Å². The Kier molecular flexibility index (Phi) is 8.36. The van der Waals surface area contributed by atoms with Gasteiger partial charge in [-0.1, -0.05) is 46.1 Å². The van der Waals surface area contributed by atoms with Crippen LogP contribution in [0.1, 0.15) is 65.0 Å². The first kappa shape index (κ1) is 18.0. The smallest absolute Gasteiger partial charge is 0.126 e. The Morgan fingerprint density at radius 2 is 2.00 bits per heavy atom. The first-order valence-corrected chi connectivity index (χ1v) is 8.27. The van der Waals surface area contributed by atoms with Crippen LogP contribution in [-0.4, -0.2) is 13.2 Å². The van der Waals surface area contributed by atoms with Crippen LogP contribution in [0.4, 0.5) is 4.39 Å². The minimum absolute atomic E-state index is 0.168. The van der Waals surface area contributed by atoms with Crippen molar-refractivity contribution < 1.29 is 9.13 Å². The fourth-order valence-corrected chi connectivity index (χ4v) is 2.51. The van der Waals surface area contributed by atoms with Crippen molar-refractivity contribution in [3.8, 4) is 5.75 Å². The maximum atomic E-state index is 13.5. The van der Waals surface area contributed by atoms with E-state index in [1.165, 1.54) is 31.4 Å². The third kappa shape index (κ3) is 6.04. The number of unbranched alkanes of at least 4 members (excludes halogenated alkanes) is 1. The third-order valence-corrected chi connectivity index (χ3v) is 3.97. The van der Waals surface area contributed by atoms with Gasteiger partial charge in [0.15, 0.2) is 0 Å². The number of ether oxygens (including phenoxy) is 1. The van der Waals surface area contributed by atoms with E-state index in [9.17, 15) is 4.39 Å². The number of hydrogen-bond donors (Lipinski definition) is 1. The Balaban J connectivity index is 2.73. The van der Waals surface area contributed by atoms with Gasteiger partial charge < -0.3 is 10.1 Å². The number of nitrogens with one attached hydrogen (secondary N) is 1. The van der Waals surface area contributed by atoms with Gasteiger partial charge in [0, 0.05) is 17.7 Å². The highest BCUT2D eigenvalue weighted by Gasteiger charge is 2.14. The van der Waals surface area contributed by atoms with Crippen molar-refractivity contribution in [2.75, 3.05) is 13.2 Å². The molecular weight excluding hydrogens is 265 g/mol. The van der Waals surface area contributed by atoms with Gasteiger partial charge in [-0.3, -0.25) is 0 Å². The fraction of sp³-hybridized carbons (Fsp3) is 0.667. The molecule has 21 heavy (non-hydrogen) atoms. The fourth-order valence-electron chi connectivity index (χ4n) is 2.51. The van der Waals surface area contributed by atoms with Gasteiger partial charge in [0.05, 0.1) is 6.61 Å². The molecule has 0 spiro atoms. The molecule has 0 aromatic heterocycles. The molecule has 2 unspecified atom stereocenters. The zero-order valence-corrected chi connectivity index (χ0v) is 13.9. The van der Waals surface area contributed by atoms with Crippen LogP contribution in [0, 0.1) is 11.7 Å². The Morgan fingerprint density at radius 1 is 1.24 bits per heavy atom. The average Bonchev–Trinajstić information content (AvgIpc) is 2.47. The molecule has 1 aromatic rings. The first-order valence-electron chi connectivity index (χ1n) is 8.27. The van der Waals surface area contributed by atoms with Gasteiger partial charge in [-0.2, -0.15) is 0 Å². The van der Waals surface area contributed by atoms with E-state index >= 15 is 0 Å². The standard InChI is InChI=1S/C18H30FNO/c1-5-8-9-15(6-2)13-21-18-12-16(19)10-11-17(18)14(4)20-7-3/h10-12,14-15,20H,5-9,13H2,1-4H3. The van der Waals surface area contributed by atoms with E-state index in [1.54, 1.807) is 0 Å². The van der Waals surface area contributed by atoms with E-state index in [1.807, 2.05) is 6.07 Å². The summed E-state index contributed by atoms with van der Waals surface area (Å²) in [7, 11) is 0. The van der Waals surface area contributed by atoms with E-state index in [-0.39, 0.29) is 11.9 Å². The van der Waals surface area contributed by atoms with Gasteiger partial charge in [-0.15, -0.1) is 0 Å². The van der Waals surface area contributed by atoms with Crippen molar-refractivity contribution >= 4 is 0 Å². The predicted molar refractivity (Wildman–Crippen MR) is 87.3 cm³/mol. The quantitative estimate of drug-likeness (QED) is 0.649. The van der Waals surface area contributed by atoms with Crippen LogP contribution in [0.3, 0.4) is 0 Å². The van der Waals surface area contributed by atoms with Gasteiger partial charge in [0.2, 0.25) is 0 Å². The van der Waals surface area contributed by atoms with Crippen LogP contribution >= 0.6 is 0 Å². The Hall–Kier alpha value is -1.09. The molecule has 0 saturated heterocycles. The average molecular weight is 295 g/mol. The summed E-state index contributed by atoms with van der Waals surface area (Å²) in [6.45, 7) is 10.1. The molecule has 2 nitrogen and oxygen atoms in total. The van der Waals surface area contributed by atoms with Crippen LogP contribution in [-0.2, 0) is 0 Å². The predicted octanol–water partition coefficient (Wildman–Crippen LogP) is 5.09. The lowest BCUT2D eigenvalue weighted by molar-refractivity contribution is 0.229. The summed E-state index contributed by atoms with van der Waals surface area (Å²) in [5.41, 5.74) is 1.03. The summed E-state index contributed by atoms with van der Waals surface area (Å²) < 4.78 is 19.5. The van der Waals surface area contributed by atoms with E-state index < -0.39 is 0 Å². The van der Waals surface area contributed by atoms with Crippen LogP contribution in [0.15, 0.2) is 18.2 Å². The molecule has 1 aromatic carbocycles. The highest BCUT2D eigenvalue weighted by molar-refractivity contribution is 5.36. The maximum Gasteiger partial charge on any atom is 0.126 e. The second-order valence-corrected chi connectivity index (χ2v) is 5.69. The Bertz CT molecular complexity index is 408. The van der Waals surface area contributed by atoms with Crippen LogP contribution < -0.4 is 10.1 Å². The van der Waals surface area contributed by atoms with Crippen molar-refractivity contribution in [2.24, 2.45) is 5.92 Å². The molecule has 2 atom stereocenters. The number of hydrogen-bond acceptors (Lipinski definition) is 2. The normalized spacial score (nSPS) is 14.0. The Morgan fingerprint density at radius 3 is 2.62 bits per heavy atom. The van der Waals surface area contributed by atoms with Crippen LogP contribution in [0.5, 0.6) is 5.75 Å². The topological polar surface area (TPSA) is 21.3 Å². The molecule has 0 heterocycles. The van der Waals surface area contributed by atoms with Gasteiger partial charge >= 0.3 is 0 Å². The number of rotatable bonds is 10. The van der Waals surface area contributed by atoms with E-state index in [0.717, 1.165) is 18.5 Å². The van der Waals surface area contributed by atoms with Gasteiger partial charge in [0.25, 0.3) is 0 Å². The second kappa shape index (κ2) is 9.78. The summed E-state index contributed by atoms with van der Waals surface area (Å²) in [4.78, 5) is 0. The molecule has 0 radical (unpaired) electrons. The molecule has 0 fully saturated rings. The lowest BCUT2D eigenvalue weighted by atomic mass is 10.0. The molecule has 1 N–H and O–H groups in total. The van der Waals surface area contributed by atoms with Crippen LogP contribution in [0.25, 0.3) is 0 Å². The molecule has 120 valence electrons. The molecule has 3 heteroatoms. The first-order chi connectivity index (χ1) is 10.1. The molecule has 0 aliphatic heterocycles. The van der Waals surface area contributed by atoms with Crippen molar-refractivity contribution in [3.63, 3.8) is 0 Å². The molecule has 0 saturated carbocycles. The van der Waals surface area contributed by atoms with Crippen molar-refractivity contribution in [1.82, 2.24) is 5.32 Å². The number of halogens is 1. The maximum absolute atomic E-state index is 13.5. The highest BCUT2D eigenvalue weighted by atomic mass is 19.1. The van der Waals surface area contributed by atoms with Crippen molar-refractivity contribution in [1.29, 1.82) is 0 Å². The van der Waals surface area contributed by atoms with Crippen LogP contribution in [0.2, 0.25) is 0 Å². The minimum atomic E-state index is -0.237. The molecule has 0 aliphatic rings. The van der Waals surface area contributed by atoms with E-state index in [2.05, 4.69) is 33.0 Å². The SMILES string of the molecule is CCCCC(CC)COc1cc(F)ccc1C(C)NCC. The number of benzene rings is 1. The zero-order chi connectivity index (χ0) is 15.7. The molecule has 0 amide bonds. The minimum Gasteiger partial charge on any atom is -0.493 e. The summed E-state index contributed by atoms with van der Waals surface area (Å²) >= 11 is 0. The monoisotopic (exact) mass is 295 g/mol. The third-order valence-electron chi connectivity index (χ3n) is 3.97. The molecular formula is C18H30FNO. The Labute approximate surface area is 129 Å². The van der Waals surface area contributed by atoms with E-state index in [0.29, 0.717) is 18.3 Å². The largest absolute Gasteiger partial charge is 0.493 e. The lowest BCUT2D eigenvalue weighted by Crippen LogP contribution is -2.19. The van der Waals surface area contributed by atoms with Gasteiger partial charge in [-0.25, -0.2) is 4.39 Å². The lowest BCUT2D eigenvalue weighted by Gasteiger charge is -2.20. The molecule has 0 aliphatic carbocycles. The summed E-state index contributed by atoms with van der Waals surface area (Å²) in [5, 5.41) is 3.36. The second-order valence-electron chi connectivity index (χ2n) is 5.69. The molecule has 0 bridgehead atoms. The summed E-state index contributed by atoms with van der Waals surface area (Å²) in [6.07, 6.45) is 4.72. The highest BCUT2D eigenvalue weighted by Crippen LogP contribution is 2.27. The molecule has 1 rings (SSSR count).